The third-order valence-electron chi connectivity index (χ3n) is 3.92. The molecule has 1 aliphatic rings. The molecule has 1 aromatic heterocycles. The number of rotatable bonds is 2. The van der Waals surface area contributed by atoms with E-state index in [9.17, 15) is 4.79 Å². The summed E-state index contributed by atoms with van der Waals surface area (Å²) in [5, 5.41) is 1.05. The van der Waals surface area contributed by atoms with Crippen molar-refractivity contribution in [3.05, 3.63) is 51.0 Å². The molecule has 0 N–H and O–H groups in total. The molecular formula is C17H20N2OS. The number of aromatic nitrogens is 1. The number of nitrogens with zero attached hydrogens (tertiary/aromatic N) is 2. The van der Waals surface area contributed by atoms with Crippen LogP contribution in [-0.4, -0.2) is 22.3 Å². The quantitative estimate of drug-likeness (QED) is 0.846. The van der Waals surface area contributed by atoms with Crippen LogP contribution in [0.25, 0.3) is 0 Å². The van der Waals surface area contributed by atoms with Gasteiger partial charge in [-0.3, -0.25) is 4.79 Å². The van der Waals surface area contributed by atoms with E-state index in [0.29, 0.717) is 12.5 Å². The summed E-state index contributed by atoms with van der Waals surface area (Å²) >= 11 is 1.55. The van der Waals surface area contributed by atoms with Crippen molar-refractivity contribution in [3.8, 4) is 0 Å². The Balaban J connectivity index is 1.84. The number of benzene rings is 1. The van der Waals surface area contributed by atoms with Crippen molar-refractivity contribution in [1.82, 2.24) is 9.88 Å². The maximum absolute atomic E-state index is 12.8. The zero-order chi connectivity index (χ0) is 15.0. The molecule has 0 saturated carbocycles. The molecule has 0 atom stereocenters. The van der Waals surface area contributed by atoms with Gasteiger partial charge in [-0.1, -0.05) is 38.1 Å². The Kier molecular flexibility index (Phi) is 3.81. The summed E-state index contributed by atoms with van der Waals surface area (Å²) < 4.78 is 0. The molecule has 1 aromatic carbocycles. The van der Waals surface area contributed by atoms with E-state index in [1.165, 1.54) is 11.1 Å². The summed E-state index contributed by atoms with van der Waals surface area (Å²) in [6.07, 6.45) is 0.941. The number of aryl methyl sites for hydroxylation is 1. The Morgan fingerprint density at radius 3 is 2.67 bits per heavy atom. The van der Waals surface area contributed by atoms with Crippen LogP contribution >= 0.6 is 11.3 Å². The predicted molar refractivity (Wildman–Crippen MR) is 85.8 cm³/mol. The van der Waals surface area contributed by atoms with E-state index in [4.69, 9.17) is 0 Å². The molecule has 0 saturated heterocycles. The van der Waals surface area contributed by atoms with Crippen LogP contribution < -0.4 is 0 Å². The molecule has 1 aliphatic heterocycles. The average Bonchev–Trinajstić information content (AvgIpc) is 2.88. The van der Waals surface area contributed by atoms with Crippen LogP contribution in [0.4, 0.5) is 0 Å². The van der Waals surface area contributed by atoms with Crippen molar-refractivity contribution < 1.29 is 4.79 Å². The van der Waals surface area contributed by atoms with Gasteiger partial charge in [-0.15, -0.1) is 11.3 Å². The van der Waals surface area contributed by atoms with Gasteiger partial charge < -0.3 is 4.90 Å². The van der Waals surface area contributed by atoms with Crippen LogP contribution in [0.2, 0.25) is 0 Å². The Morgan fingerprint density at radius 2 is 2.00 bits per heavy atom. The predicted octanol–water partition coefficient (Wildman–Crippen LogP) is 3.77. The van der Waals surface area contributed by atoms with Gasteiger partial charge in [0, 0.05) is 19.0 Å². The first-order chi connectivity index (χ1) is 10.1. The van der Waals surface area contributed by atoms with E-state index in [1.807, 2.05) is 17.9 Å². The van der Waals surface area contributed by atoms with Crippen molar-refractivity contribution in [2.24, 2.45) is 0 Å². The first kappa shape index (κ1) is 14.3. The van der Waals surface area contributed by atoms with E-state index in [0.717, 1.165) is 28.5 Å². The van der Waals surface area contributed by atoms with Gasteiger partial charge in [-0.05, 0) is 24.5 Å². The van der Waals surface area contributed by atoms with Gasteiger partial charge in [0.05, 0.1) is 10.7 Å². The molecule has 0 fully saturated rings. The molecule has 1 amide bonds. The molecule has 3 nitrogen and oxygen atoms in total. The summed E-state index contributed by atoms with van der Waals surface area (Å²) in [5.41, 5.74) is 3.50. The summed E-state index contributed by atoms with van der Waals surface area (Å²) in [6, 6.07) is 8.39. The maximum atomic E-state index is 12.8. The van der Waals surface area contributed by atoms with Crippen LogP contribution in [0.3, 0.4) is 0 Å². The van der Waals surface area contributed by atoms with Crippen LogP contribution in [0.5, 0.6) is 0 Å². The van der Waals surface area contributed by atoms with Crippen molar-refractivity contribution in [2.45, 2.75) is 39.7 Å². The third-order valence-corrected chi connectivity index (χ3v) is 5.37. The molecule has 0 unspecified atom stereocenters. The van der Waals surface area contributed by atoms with Crippen molar-refractivity contribution in [1.29, 1.82) is 0 Å². The maximum Gasteiger partial charge on any atom is 0.266 e. The molecule has 21 heavy (non-hydrogen) atoms. The van der Waals surface area contributed by atoms with E-state index in [-0.39, 0.29) is 5.91 Å². The molecular weight excluding hydrogens is 280 g/mol. The Hall–Kier alpha value is -1.68. The second-order valence-electron chi connectivity index (χ2n) is 5.87. The highest BCUT2D eigenvalue weighted by Crippen LogP contribution is 2.27. The number of fused-ring (bicyclic) bond motifs is 1. The summed E-state index contributed by atoms with van der Waals surface area (Å²) in [5.74, 6) is 0.503. The fourth-order valence-corrected chi connectivity index (χ4v) is 3.71. The number of hydrogen-bond acceptors (Lipinski definition) is 3. The lowest BCUT2D eigenvalue weighted by molar-refractivity contribution is 0.0738. The summed E-state index contributed by atoms with van der Waals surface area (Å²) in [4.78, 5) is 20.1. The van der Waals surface area contributed by atoms with Crippen LogP contribution in [0, 0.1) is 6.92 Å². The monoisotopic (exact) mass is 300 g/mol. The van der Waals surface area contributed by atoms with Crippen molar-refractivity contribution >= 4 is 17.2 Å². The number of carbonyl (C=O) groups excluding carboxylic acids is 1. The summed E-state index contributed by atoms with van der Waals surface area (Å²) in [6.45, 7) is 7.68. The van der Waals surface area contributed by atoms with Crippen LogP contribution in [-0.2, 0) is 13.0 Å². The molecule has 2 heterocycles. The highest BCUT2D eigenvalue weighted by Gasteiger charge is 2.25. The Bertz CT molecular complexity index is 675. The minimum Gasteiger partial charge on any atom is -0.333 e. The molecule has 0 radical (unpaired) electrons. The second kappa shape index (κ2) is 5.60. The van der Waals surface area contributed by atoms with Gasteiger partial charge in [0.15, 0.2) is 0 Å². The fraction of sp³-hybridized carbons (Fsp3) is 0.412. The third kappa shape index (κ3) is 2.72. The van der Waals surface area contributed by atoms with Crippen LogP contribution in [0.15, 0.2) is 24.3 Å². The number of thiazole rings is 1. The van der Waals surface area contributed by atoms with Gasteiger partial charge in [-0.2, -0.15) is 0 Å². The largest absolute Gasteiger partial charge is 0.333 e. The topological polar surface area (TPSA) is 33.2 Å². The minimum absolute atomic E-state index is 0.131. The average molecular weight is 300 g/mol. The van der Waals surface area contributed by atoms with Crippen molar-refractivity contribution in [2.75, 3.05) is 6.54 Å². The first-order valence-corrected chi connectivity index (χ1v) is 8.21. The first-order valence-electron chi connectivity index (χ1n) is 7.39. The number of amides is 1. The molecule has 3 rings (SSSR count). The zero-order valence-electron chi connectivity index (χ0n) is 12.7. The molecule has 0 aliphatic carbocycles. The zero-order valence-corrected chi connectivity index (χ0v) is 13.5. The molecule has 4 heteroatoms. The Morgan fingerprint density at radius 1 is 1.29 bits per heavy atom. The van der Waals surface area contributed by atoms with Crippen LogP contribution in [0.1, 0.15) is 51.3 Å². The molecule has 110 valence electrons. The minimum atomic E-state index is 0.131. The van der Waals surface area contributed by atoms with E-state index >= 15 is 0 Å². The normalized spacial score (nSPS) is 14.4. The highest BCUT2D eigenvalue weighted by molar-refractivity contribution is 7.13. The van der Waals surface area contributed by atoms with E-state index < -0.39 is 0 Å². The smallest absolute Gasteiger partial charge is 0.266 e. The Labute approximate surface area is 129 Å². The van der Waals surface area contributed by atoms with E-state index in [2.05, 4.69) is 37.0 Å². The molecule has 0 bridgehead atoms. The van der Waals surface area contributed by atoms with Crippen molar-refractivity contribution in [3.63, 3.8) is 0 Å². The summed E-state index contributed by atoms with van der Waals surface area (Å²) in [7, 11) is 0. The second-order valence-corrected chi connectivity index (χ2v) is 6.90. The standard InChI is InChI=1S/C17H20N2OS/c1-11(2)16-18-12(3)15(21-16)17(20)19-9-8-13-6-4-5-7-14(13)10-19/h4-7,11H,8-10H2,1-3H3. The molecule has 2 aromatic rings. The van der Waals surface area contributed by atoms with Gasteiger partial charge in [-0.25, -0.2) is 4.98 Å². The lowest BCUT2D eigenvalue weighted by Gasteiger charge is -2.28. The lowest BCUT2D eigenvalue weighted by Crippen LogP contribution is -2.35. The number of hydrogen-bond donors (Lipinski definition) is 0. The van der Waals surface area contributed by atoms with Gasteiger partial charge in [0.1, 0.15) is 4.88 Å². The highest BCUT2D eigenvalue weighted by atomic mass is 32.1. The SMILES string of the molecule is Cc1nc(C(C)C)sc1C(=O)N1CCc2ccccc2C1. The van der Waals surface area contributed by atoms with Gasteiger partial charge >= 0.3 is 0 Å². The van der Waals surface area contributed by atoms with E-state index in [1.54, 1.807) is 11.3 Å². The van der Waals surface area contributed by atoms with Gasteiger partial charge in [0.25, 0.3) is 5.91 Å². The van der Waals surface area contributed by atoms with Gasteiger partial charge in [0.2, 0.25) is 0 Å². The fourth-order valence-electron chi connectivity index (χ4n) is 2.68. The molecule has 0 spiro atoms. The number of carbonyl (C=O) groups is 1. The lowest BCUT2D eigenvalue weighted by atomic mass is 10.00.